The van der Waals surface area contributed by atoms with Gasteiger partial charge >= 0.3 is 0 Å². The predicted octanol–water partition coefficient (Wildman–Crippen LogP) is 4.53. The van der Waals surface area contributed by atoms with Crippen LogP contribution in [0.3, 0.4) is 0 Å². The van der Waals surface area contributed by atoms with Crippen LogP contribution in [0.2, 0.25) is 0 Å². The normalized spacial score (nSPS) is 13.6. The number of carbonyl (C=O) groups is 1. The maximum Gasteiger partial charge on any atom is 0.261 e. The number of nitrogens with zero attached hydrogens (tertiary/aromatic N) is 1. The molecule has 3 aromatic carbocycles. The van der Waals surface area contributed by atoms with Gasteiger partial charge < -0.3 is 4.90 Å². The van der Waals surface area contributed by atoms with Gasteiger partial charge in [-0.3, -0.25) is 9.52 Å². The molecule has 1 N–H and O–H groups in total. The van der Waals surface area contributed by atoms with Crippen LogP contribution < -0.4 is 9.62 Å². The highest BCUT2D eigenvalue weighted by molar-refractivity contribution is 7.92. The number of benzene rings is 3. The summed E-state index contributed by atoms with van der Waals surface area (Å²) in [6.45, 7) is 2.68. The van der Waals surface area contributed by atoms with Gasteiger partial charge in [0.1, 0.15) is 5.82 Å². The Labute approximate surface area is 175 Å². The topological polar surface area (TPSA) is 66.5 Å². The number of carbonyl (C=O) groups excluding carboxylic acids is 1. The quantitative estimate of drug-likeness (QED) is 0.669. The number of aryl methyl sites for hydroxylation is 2. The van der Waals surface area contributed by atoms with E-state index in [4.69, 9.17) is 0 Å². The van der Waals surface area contributed by atoms with Crippen LogP contribution in [0.15, 0.2) is 71.6 Å². The molecule has 0 bridgehead atoms. The van der Waals surface area contributed by atoms with E-state index in [0.29, 0.717) is 17.8 Å². The second-order valence-electron chi connectivity index (χ2n) is 7.33. The van der Waals surface area contributed by atoms with Crippen molar-refractivity contribution in [3.63, 3.8) is 0 Å². The summed E-state index contributed by atoms with van der Waals surface area (Å²) in [4.78, 5) is 14.8. The largest absolute Gasteiger partial charge is 0.308 e. The molecule has 0 fully saturated rings. The molecule has 4 rings (SSSR count). The zero-order chi connectivity index (χ0) is 21.3. The van der Waals surface area contributed by atoms with Gasteiger partial charge in [0.2, 0.25) is 0 Å². The van der Waals surface area contributed by atoms with E-state index in [2.05, 4.69) is 10.8 Å². The van der Waals surface area contributed by atoms with E-state index in [0.717, 1.165) is 30.7 Å². The van der Waals surface area contributed by atoms with Gasteiger partial charge in [0, 0.05) is 23.5 Å². The average molecular weight is 424 g/mol. The van der Waals surface area contributed by atoms with Crippen LogP contribution >= 0.6 is 0 Å². The SMILES string of the molecule is Cc1ccc2c(c1)CCCN2C(=O)c1ccc(NS(=O)(=O)c2ccc(F)cc2)cc1. The van der Waals surface area contributed by atoms with Crippen molar-refractivity contribution in [2.45, 2.75) is 24.7 Å². The van der Waals surface area contributed by atoms with Gasteiger partial charge in [-0.2, -0.15) is 0 Å². The third-order valence-corrected chi connectivity index (χ3v) is 6.50. The lowest BCUT2D eigenvalue weighted by molar-refractivity contribution is 0.0985. The van der Waals surface area contributed by atoms with Crippen molar-refractivity contribution >= 4 is 27.3 Å². The number of fused-ring (bicyclic) bond motifs is 1. The number of nitrogens with one attached hydrogen (secondary N) is 1. The molecular formula is C23H21FN2O3S. The molecule has 0 aliphatic carbocycles. The summed E-state index contributed by atoms with van der Waals surface area (Å²) in [6, 6.07) is 17.0. The Balaban J connectivity index is 1.53. The van der Waals surface area contributed by atoms with Crippen molar-refractivity contribution in [3.05, 3.63) is 89.2 Å². The molecule has 0 radical (unpaired) electrons. The van der Waals surface area contributed by atoms with Crippen LogP contribution in [-0.4, -0.2) is 20.9 Å². The molecule has 30 heavy (non-hydrogen) atoms. The van der Waals surface area contributed by atoms with E-state index in [1.165, 1.54) is 23.3 Å². The van der Waals surface area contributed by atoms with Crippen molar-refractivity contribution in [2.75, 3.05) is 16.2 Å². The van der Waals surface area contributed by atoms with Crippen molar-refractivity contribution in [1.29, 1.82) is 0 Å². The summed E-state index contributed by atoms with van der Waals surface area (Å²) < 4.78 is 40.4. The van der Waals surface area contributed by atoms with Crippen molar-refractivity contribution < 1.29 is 17.6 Å². The van der Waals surface area contributed by atoms with Gasteiger partial charge in [0.15, 0.2) is 0 Å². The average Bonchev–Trinajstić information content (AvgIpc) is 2.73. The molecule has 0 saturated carbocycles. The molecule has 154 valence electrons. The van der Waals surface area contributed by atoms with E-state index in [9.17, 15) is 17.6 Å². The van der Waals surface area contributed by atoms with Crippen LogP contribution in [0, 0.1) is 12.7 Å². The minimum Gasteiger partial charge on any atom is -0.308 e. The van der Waals surface area contributed by atoms with Gasteiger partial charge in [-0.1, -0.05) is 17.7 Å². The Morgan fingerprint density at radius 2 is 1.70 bits per heavy atom. The number of hydrogen-bond donors (Lipinski definition) is 1. The molecular weight excluding hydrogens is 403 g/mol. The highest BCUT2D eigenvalue weighted by Crippen LogP contribution is 2.29. The van der Waals surface area contributed by atoms with E-state index in [1.807, 2.05) is 19.1 Å². The summed E-state index contributed by atoms with van der Waals surface area (Å²) in [7, 11) is -3.84. The van der Waals surface area contributed by atoms with Gasteiger partial charge in [-0.05, 0) is 79.9 Å². The second kappa shape index (κ2) is 7.91. The fourth-order valence-electron chi connectivity index (χ4n) is 3.60. The van der Waals surface area contributed by atoms with Gasteiger partial charge in [-0.25, -0.2) is 12.8 Å². The highest BCUT2D eigenvalue weighted by Gasteiger charge is 2.23. The minimum absolute atomic E-state index is 0.0377. The Morgan fingerprint density at radius 3 is 2.40 bits per heavy atom. The Kier molecular flexibility index (Phi) is 5.30. The van der Waals surface area contributed by atoms with E-state index >= 15 is 0 Å². The maximum absolute atomic E-state index is 13.0. The fourth-order valence-corrected chi connectivity index (χ4v) is 4.66. The molecule has 1 heterocycles. The lowest BCUT2D eigenvalue weighted by Gasteiger charge is -2.30. The fraction of sp³-hybridized carbons (Fsp3) is 0.174. The summed E-state index contributed by atoms with van der Waals surface area (Å²) in [5, 5.41) is 0. The number of anilines is 2. The van der Waals surface area contributed by atoms with Crippen LogP contribution in [0.1, 0.15) is 27.9 Å². The number of hydrogen-bond acceptors (Lipinski definition) is 3. The van der Waals surface area contributed by atoms with E-state index in [-0.39, 0.29) is 10.8 Å². The van der Waals surface area contributed by atoms with Gasteiger partial charge in [0.25, 0.3) is 15.9 Å². The third-order valence-electron chi connectivity index (χ3n) is 5.11. The Hall–Kier alpha value is -3.19. The number of amides is 1. The molecule has 5 nitrogen and oxygen atoms in total. The zero-order valence-electron chi connectivity index (χ0n) is 16.4. The Morgan fingerprint density at radius 1 is 1.00 bits per heavy atom. The molecule has 7 heteroatoms. The van der Waals surface area contributed by atoms with Crippen LogP contribution in [0.4, 0.5) is 15.8 Å². The monoisotopic (exact) mass is 424 g/mol. The number of sulfonamides is 1. The lowest BCUT2D eigenvalue weighted by atomic mass is 9.99. The first kappa shape index (κ1) is 20.1. The summed E-state index contributed by atoms with van der Waals surface area (Å²) >= 11 is 0. The van der Waals surface area contributed by atoms with Crippen LogP contribution in [-0.2, 0) is 16.4 Å². The third kappa shape index (κ3) is 4.07. The molecule has 0 unspecified atom stereocenters. The molecule has 1 amide bonds. The minimum atomic E-state index is -3.84. The predicted molar refractivity (Wildman–Crippen MR) is 115 cm³/mol. The molecule has 0 atom stereocenters. The number of rotatable bonds is 4. The first-order valence-electron chi connectivity index (χ1n) is 9.63. The van der Waals surface area contributed by atoms with E-state index in [1.54, 1.807) is 29.2 Å². The van der Waals surface area contributed by atoms with Crippen molar-refractivity contribution in [2.24, 2.45) is 0 Å². The molecule has 0 spiro atoms. The summed E-state index contributed by atoms with van der Waals surface area (Å²) in [5.74, 6) is -0.626. The first-order valence-corrected chi connectivity index (χ1v) is 11.1. The highest BCUT2D eigenvalue weighted by atomic mass is 32.2. The summed E-state index contributed by atoms with van der Waals surface area (Å²) in [6.07, 6.45) is 1.85. The van der Waals surface area contributed by atoms with Gasteiger partial charge in [0.05, 0.1) is 4.90 Å². The molecule has 3 aromatic rings. The maximum atomic E-state index is 13.0. The van der Waals surface area contributed by atoms with Gasteiger partial charge in [-0.15, -0.1) is 0 Å². The standard InChI is InChI=1S/C23H21FN2O3S/c1-16-4-13-22-18(15-16)3-2-14-26(22)23(27)17-5-9-20(10-6-17)25-30(28,29)21-11-7-19(24)8-12-21/h4-13,15,25H,2-3,14H2,1H3. The Bertz CT molecular complexity index is 1190. The molecule has 1 aliphatic heterocycles. The van der Waals surface area contributed by atoms with Crippen LogP contribution in [0.5, 0.6) is 0 Å². The number of halogens is 1. The van der Waals surface area contributed by atoms with Crippen LogP contribution in [0.25, 0.3) is 0 Å². The molecule has 1 aliphatic rings. The van der Waals surface area contributed by atoms with E-state index < -0.39 is 15.8 Å². The molecule has 0 saturated heterocycles. The zero-order valence-corrected chi connectivity index (χ0v) is 17.2. The summed E-state index contributed by atoms with van der Waals surface area (Å²) in [5.41, 5.74) is 4.07. The first-order chi connectivity index (χ1) is 14.3. The van der Waals surface area contributed by atoms with Crippen molar-refractivity contribution in [3.8, 4) is 0 Å². The van der Waals surface area contributed by atoms with Crippen molar-refractivity contribution in [1.82, 2.24) is 0 Å². The molecule has 0 aromatic heterocycles. The smallest absolute Gasteiger partial charge is 0.261 e. The second-order valence-corrected chi connectivity index (χ2v) is 9.01. The lowest BCUT2D eigenvalue weighted by Crippen LogP contribution is -2.35.